The van der Waals surface area contributed by atoms with E-state index in [0.717, 1.165) is 0 Å². The largest absolute Gasteiger partial charge is 0.240 e. The lowest BCUT2D eigenvalue weighted by Crippen LogP contribution is -2.23. The molecule has 0 aromatic heterocycles. The van der Waals surface area contributed by atoms with Crippen LogP contribution in [0, 0.1) is 0 Å². The van der Waals surface area contributed by atoms with Crippen molar-refractivity contribution in [2.24, 2.45) is 0 Å². The van der Waals surface area contributed by atoms with E-state index in [1.807, 2.05) is 0 Å². The van der Waals surface area contributed by atoms with E-state index in [-0.39, 0.29) is 4.91 Å². The summed E-state index contributed by atoms with van der Waals surface area (Å²) in [6.45, 7) is 9.00. The molecule has 1 N–H and O–H groups in total. The molecule has 0 aromatic carbocycles. The monoisotopic (exact) mass is 213 g/mol. The van der Waals surface area contributed by atoms with Crippen molar-refractivity contribution >= 4 is 10.0 Å². The maximum atomic E-state index is 11.5. The predicted octanol–water partition coefficient (Wildman–Crippen LogP) is 1.74. The fourth-order valence-electron chi connectivity index (χ4n) is 0.787. The standard InChI is InChI=1S/C10H15NO2S/c1-4-7-9-10(8-5-2)14(12,13)11-6-3/h4-5,7-9,11H,1-2,6H2,3H3/b9-7-,10-8+. The molecule has 0 rings (SSSR count). The molecule has 0 saturated carbocycles. The van der Waals surface area contributed by atoms with Gasteiger partial charge in [-0.2, -0.15) is 0 Å². The molecule has 0 aliphatic carbocycles. The second-order valence-electron chi connectivity index (χ2n) is 2.40. The Labute approximate surface area is 85.6 Å². The van der Waals surface area contributed by atoms with Gasteiger partial charge in [-0.3, -0.25) is 0 Å². The summed E-state index contributed by atoms with van der Waals surface area (Å²) in [5.74, 6) is 0. The normalized spacial score (nSPS) is 13.1. The van der Waals surface area contributed by atoms with E-state index < -0.39 is 10.0 Å². The molecule has 0 amide bonds. The van der Waals surface area contributed by atoms with Crippen LogP contribution in [-0.2, 0) is 10.0 Å². The van der Waals surface area contributed by atoms with Crippen LogP contribution in [-0.4, -0.2) is 15.0 Å². The summed E-state index contributed by atoms with van der Waals surface area (Å²) in [5, 5.41) is 0. The maximum Gasteiger partial charge on any atom is 0.240 e. The van der Waals surface area contributed by atoms with E-state index >= 15 is 0 Å². The fraction of sp³-hybridized carbons (Fsp3) is 0.200. The van der Waals surface area contributed by atoms with Gasteiger partial charge >= 0.3 is 0 Å². The SMILES string of the molecule is C=C/C=C\C(=C/C=C)S(=O)(=O)NCC. The third-order valence-corrected chi connectivity index (χ3v) is 2.88. The average Bonchev–Trinajstić information content (AvgIpc) is 2.11. The van der Waals surface area contributed by atoms with Crippen molar-refractivity contribution in [3.05, 3.63) is 48.4 Å². The van der Waals surface area contributed by atoms with Crippen LogP contribution in [0.1, 0.15) is 6.92 Å². The highest BCUT2D eigenvalue weighted by Crippen LogP contribution is 2.06. The zero-order valence-corrected chi connectivity index (χ0v) is 9.05. The molecule has 0 radical (unpaired) electrons. The highest BCUT2D eigenvalue weighted by Gasteiger charge is 2.11. The topological polar surface area (TPSA) is 46.2 Å². The van der Waals surface area contributed by atoms with Gasteiger partial charge < -0.3 is 0 Å². The molecule has 14 heavy (non-hydrogen) atoms. The molecule has 0 aromatic rings. The van der Waals surface area contributed by atoms with Gasteiger partial charge in [0, 0.05) is 6.54 Å². The number of nitrogens with one attached hydrogen (secondary N) is 1. The van der Waals surface area contributed by atoms with Crippen LogP contribution in [0.3, 0.4) is 0 Å². The molecule has 0 atom stereocenters. The summed E-state index contributed by atoms with van der Waals surface area (Å²) in [7, 11) is -3.40. The van der Waals surface area contributed by atoms with Crippen LogP contribution in [0.15, 0.2) is 48.4 Å². The van der Waals surface area contributed by atoms with Crippen molar-refractivity contribution in [2.45, 2.75) is 6.92 Å². The van der Waals surface area contributed by atoms with Crippen LogP contribution >= 0.6 is 0 Å². The molecule has 0 unspecified atom stereocenters. The van der Waals surface area contributed by atoms with Crippen LogP contribution < -0.4 is 4.72 Å². The van der Waals surface area contributed by atoms with Gasteiger partial charge in [0.15, 0.2) is 0 Å². The molecule has 3 nitrogen and oxygen atoms in total. The smallest absolute Gasteiger partial charge is 0.211 e. The molecule has 0 saturated heterocycles. The summed E-state index contributed by atoms with van der Waals surface area (Å²) in [4.78, 5) is 0.175. The van der Waals surface area contributed by atoms with E-state index in [1.54, 1.807) is 13.0 Å². The first-order chi connectivity index (χ1) is 6.58. The Balaban J connectivity index is 5.02. The molecule has 0 aliphatic rings. The first-order valence-electron chi connectivity index (χ1n) is 4.20. The predicted molar refractivity (Wildman–Crippen MR) is 60.2 cm³/mol. The molecule has 78 valence electrons. The van der Waals surface area contributed by atoms with E-state index in [2.05, 4.69) is 17.9 Å². The Hall–Kier alpha value is -1.13. The third kappa shape index (κ3) is 4.20. The van der Waals surface area contributed by atoms with Crippen molar-refractivity contribution in [2.75, 3.05) is 6.54 Å². The highest BCUT2D eigenvalue weighted by atomic mass is 32.2. The van der Waals surface area contributed by atoms with Crippen LogP contribution in [0.4, 0.5) is 0 Å². The first kappa shape index (κ1) is 12.9. The second-order valence-corrected chi connectivity index (χ2v) is 4.17. The Morgan fingerprint density at radius 2 is 2.00 bits per heavy atom. The lowest BCUT2D eigenvalue weighted by molar-refractivity contribution is 0.591. The van der Waals surface area contributed by atoms with Crippen molar-refractivity contribution < 1.29 is 8.42 Å². The van der Waals surface area contributed by atoms with E-state index in [4.69, 9.17) is 0 Å². The Bertz CT molecular complexity index is 350. The van der Waals surface area contributed by atoms with Gasteiger partial charge in [0.25, 0.3) is 0 Å². The number of rotatable bonds is 6. The quantitative estimate of drug-likeness (QED) is 0.683. The summed E-state index contributed by atoms with van der Waals surface area (Å²) in [6, 6.07) is 0. The number of hydrogen-bond acceptors (Lipinski definition) is 2. The van der Waals surface area contributed by atoms with Crippen molar-refractivity contribution in [1.82, 2.24) is 4.72 Å². The second kappa shape index (κ2) is 6.34. The van der Waals surface area contributed by atoms with Crippen LogP contribution in [0.5, 0.6) is 0 Å². The lowest BCUT2D eigenvalue weighted by Gasteiger charge is -2.03. The van der Waals surface area contributed by atoms with Gasteiger partial charge in [0.1, 0.15) is 0 Å². The Kier molecular flexibility index (Phi) is 5.83. The molecule has 0 aliphatic heterocycles. The maximum absolute atomic E-state index is 11.5. The molecule has 0 spiro atoms. The molecule has 0 bridgehead atoms. The number of hydrogen-bond donors (Lipinski definition) is 1. The highest BCUT2D eigenvalue weighted by molar-refractivity contribution is 7.93. The van der Waals surface area contributed by atoms with Crippen LogP contribution in [0.2, 0.25) is 0 Å². The molecule has 4 heteroatoms. The molecule has 0 heterocycles. The fourth-order valence-corrected chi connectivity index (χ4v) is 1.87. The van der Waals surface area contributed by atoms with E-state index in [1.165, 1.54) is 24.3 Å². The van der Waals surface area contributed by atoms with Crippen molar-refractivity contribution in [1.29, 1.82) is 0 Å². The summed E-state index contributed by atoms with van der Waals surface area (Å²) >= 11 is 0. The van der Waals surface area contributed by atoms with Gasteiger partial charge in [-0.1, -0.05) is 38.3 Å². The Morgan fingerprint density at radius 1 is 1.36 bits per heavy atom. The third-order valence-electron chi connectivity index (χ3n) is 1.32. The zero-order chi connectivity index (χ0) is 11.0. The van der Waals surface area contributed by atoms with E-state index in [0.29, 0.717) is 6.54 Å². The number of sulfonamides is 1. The first-order valence-corrected chi connectivity index (χ1v) is 5.68. The van der Waals surface area contributed by atoms with Gasteiger partial charge in [-0.05, 0) is 12.2 Å². The number of allylic oxidation sites excluding steroid dienone is 5. The van der Waals surface area contributed by atoms with E-state index in [9.17, 15) is 8.42 Å². The molecular formula is C10H15NO2S. The lowest BCUT2D eigenvalue weighted by atomic mass is 10.4. The summed E-state index contributed by atoms with van der Waals surface area (Å²) in [6.07, 6.45) is 7.39. The summed E-state index contributed by atoms with van der Waals surface area (Å²) < 4.78 is 25.4. The van der Waals surface area contributed by atoms with Gasteiger partial charge in [-0.25, -0.2) is 13.1 Å². The van der Waals surface area contributed by atoms with Gasteiger partial charge in [0.05, 0.1) is 4.91 Å². The molecule has 0 fully saturated rings. The van der Waals surface area contributed by atoms with Crippen molar-refractivity contribution in [3.63, 3.8) is 0 Å². The summed E-state index contributed by atoms with van der Waals surface area (Å²) in [5.41, 5.74) is 0. The van der Waals surface area contributed by atoms with Gasteiger partial charge in [0.2, 0.25) is 10.0 Å². The molecular weight excluding hydrogens is 198 g/mol. The zero-order valence-electron chi connectivity index (χ0n) is 8.23. The minimum Gasteiger partial charge on any atom is -0.211 e. The van der Waals surface area contributed by atoms with Crippen molar-refractivity contribution in [3.8, 4) is 0 Å². The van der Waals surface area contributed by atoms with Gasteiger partial charge in [-0.15, -0.1) is 0 Å². The van der Waals surface area contributed by atoms with Crippen LogP contribution in [0.25, 0.3) is 0 Å². The Morgan fingerprint density at radius 3 is 2.43 bits per heavy atom. The minimum atomic E-state index is -3.40. The average molecular weight is 213 g/mol. The minimum absolute atomic E-state index is 0.175.